The minimum Gasteiger partial charge on any atom is -0.492 e. The average molecular weight is 351 g/mol. The van der Waals surface area contributed by atoms with Crippen LogP contribution in [0.3, 0.4) is 0 Å². The summed E-state index contributed by atoms with van der Waals surface area (Å²) < 4.78 is 40.8. The quantitative estimate of drug-likeness (QED) is 0.869. The second-order valence-electron chi connectivity index (χ2n) is 5.42. The van der Waals surface area contributed by atoms with Gasteiger partial charge in [0.25, 0.3) is 5.91 Å². The number of amides is 1. The van der Waals surface area contributed by atoms with Crippen molar-refractivity contribution in [1.29, 1.82) is 0 Å². The fourth-order valence-electron chi connectivity index (χ4n) is 1.96. The van der Waals surface area contributed by atoms with Crippen LogP contribution in [0.25, 0.3) is 0 Å². The third kappa shape index (κ3) is 5.34. The summed E-state index contributed by atoms with van der Waals surface area (Å²) in [7, 11) is -3.09. The molecule has 24 heavy (non-hydrogen) atoms. The second kappa shape index (κ2) is 7.44. The monoisotopic (exact) mass is 351 g/mol. The lowest BCUT2D eigenvalue weighted by Crippen LogP contribution is -2.13. The van der Waals surface area contributed by atoms with Crippen molar-refractivity contribution >= 4 is 21.4 Å². The molecular weight excluding hydrogens is 333 g/mol. The number of halogens is 1. The maximum Gasteiger partial charge on any atom is 0.255 e. The van der Waals surface area contributed by atoms with Crippen molar-refractivity contribution in [2.45, 2.75) is 6.92 Å². The number of nitrogens with one attached hydrogen (secondary N) is 1. The van der Waals surface area contributed by atoms with Crippen molar-refractivity contribution in [2.24, 2.45) is 0 Å². The van der Waals surface area contributed by atoms with Crippen LogP contribution in [0, 0.1) is 12.7 Å². The van der Waals surface area contributed by atoms with Crippen molar-refractivity contribution < 1.29 is 22.3 Å². The van der Waals surface area contributed by atoms with E-state index < -0.39 is 9.84 Å². The summed E-state index contributed by atoms with van der Waals surface area (Å²) in [5.74, 6) is -0.371. The van der Waals surface area contributed by atoms with Crippen molar-refractivity contribution in [3.05, 3.63) is 59.4 Å². The van der Waals surface area contributed by atoms with Gasteiger partial charge in [-0.15, -0.1) is 0 Å². The fourth-order valence-corrected chi connectivity index (χ4v) is 2.35. The number of aryl methyl sites for hydroxylation is 1. The number of carbonyl (C=O) groups excluding carboxylic acids is 1. The molecule has 0 aromatic heterocycles. The highest BCUT2D eigenvalue weighted by Crippen LogP contribution is 2.19. The molecule has 2 rings (SSSR count). The smallest absolute Gasteiger partial charge is 0.255 e. The second-order valence-corrected chi connectivity index (χ2v) is 7.68. The maximum absolute atomic E-state index is 13.3. The predicted molar refractivity (Wildman–Crippen MR) is 90.7 cm³/mol. The van der Waals surface area contributed by atoms with Crippen LogP contribution < -0.4 is 10.1 Å². The number of rotatable bonds is 6. The van der Waals surface area contributed by atoms with Crippen LogP contribution in [0.5, 0.6) is 5.75 Å². The number of hydrogen-bond acceptors (Lipinski definition) is 4. The molecule has 0 aliphatic heterocycles. The van der Waals surface area contributed by atoms with Crippen LogP contribution in [-0.2, 0) is 9.84 Å². The van der Waals surface area contributed by atoms with Gasteiger partial charge in [0.1, 0.15) is 18.2 Å². The molecule has 0 unspecified atom stereocenters. The normalized spacial score (nSPS) is 11.1. The number of sulfone groups is 1. The molecule has 1 N–H and O–H groups in total. The van der Waals surface area contributed by atoms with Gasteiger partial charge in [0.15, 0.2) is 9.84 Å². The lowest BCUT2D eigenvalue weighted by Gasteiger charge is -2.09. The van der Waals surface area contributed by atoms with Crippen LogP contribution >= 0.6 is 0 Å². The summed E-state index contributed by atoms with van der Waals surface area (Å²) in [6.07, 6.45) is 1.14. The Balaban J connectivity index is 2.03. The van der Waals surface area contributed by atoms with E-state index in [4.69, 9.17) is 4.74 Å². The molecule has 0 spiro atoms. The zero-order valence-electron chi connectivity index (χ0n) is 13.4. The van der Waals surface area contributed by atoms with E-state index in [-0.39, 0.29) is 24.1 Å². The summed E-state index contributed by atoms with van der Waals surface area (Å²) in [5, 5.41) is 2.69. The number of ether oxygens (including phenoxy) is 1. The molecule has 5 nitrogen and oxygen atoms in total. The molecule has 2 aromatic rings. The number of benzene rings is 2. The Morgan fingerprint density at radius 3 is 2.62 bits per heavy atom. The first-order chi connectivity index (χ1) is 11.2. The van der Waals surface area contributed by atoms with E-state index in [0.29, 0.717) is 22.6 Å². The van der Waals surface area contributed by atoms with E-state index in [1.54, 1.807) is 31.2 Å². The molecule has 7 heteroatoms. The lowest BCUT2D eigenvalue weighted by atomic mass is 10.1. The van der Waals surface area contributed by atoms with E-state index in [1.165, 1.54) is 18.2 Å². The third-order valence-electron chi connectivity index (χ3n) is 3.23. The van der Waals surface area contributed by atoms with Crippen molar-refractivity contribution in [3.63, 3.8) is 0 Å². The molecule has 0 bridgehead atoms. The Labute approximate surface area is 140 Å². The molecule has 0 aliphatic carbocycles. The molecule has 0 radical (unpaired) electrons. The van der Waals surface area contributed by atoms with E-state index >= 15 is 0 Å². The van der Waals surface area contributed by atoms with Crippen LogP contribution in [0.15, 0.2) is 42.5 Å². The van der Waals surface area contributed by atoms with Crippen molar-refractivity contribution in [1.82, 2.24) is 0 Å². The van der Waals surface area contributed by atoms with Gasteiger partial charge in [-0.1, -0.05) is 6.07 Å². The highest BCUT2D eigenvalue weighted by Gasteiger charge is 2.09. The van der Waals surface area contributed by atoms with Gasteiger partial charge in [-0.2, -0.15) is 0 Å². The van der Waals surface area contributed by atoms with E-state index in [9.17, 15) is 17.6 Å². The molecule has 0 heterocycles. The largest absolute Gasteiger partial charge is 0.492 e. The summed E-state index contributed by atoms with van der Waals surface area (Å²) in [4.78, 5) is 12.2. The minimum atomic E-state index is -3.09. The summed E-state index contributed by atoms with van der Waals surface area (Å²) in [6.45, 7) is 1.62. The SMILES string of the molecule is Cc1cc(C(=O)Nc2cccc(OCCS(C)(=O)=O)c2)ccc1F. The van der Waals surface area contributed by atoms with Gasteiger partial charge in [0.05, 0.1) is 5.75 Å². The zero-order chi connectivity index (χ0) is 17.7. The van der Waals surface area contributed by atoms with Gasteiger partial charge >= 0.3 is 0 Å². The first kappa shape index (κ1) is 17.9. The Bertz CT molecular complexity index is 849. The number of anilines is 1. The van der Waals surface area contributed by atoms with Gasteiger partial charge in [-0.25, -0.2) is 12.8 Å². The number of hydrogen-bond donors (Lipinski definition) is 1. The molecule has 128 valence electrons. The standard InChI is InChI=1S/C17H18FNO4S/c1-12-10-13(6-7-16(12)18)17(20)19-14-4-3-5-15(11-14)23-8-9-24(2,21)22/h3-7,10-11H,8-9H2,1-2H3,(H,19,20). The van der Waals surface area contributed by atoms with Gasteiger partial charge in [0.2, 0.25) is 0 Å². The number of carbonyl (C=O) groups is 1. The van der Waals surface area contributed by atoms with Crippen molar-refractivity contribution in [3.8, 4) is 5.75 Å². The molecule has 0 fully saturated rings. The summed E-state index contributed by atoms with van der Waals surface area (Å²) in [6, 6.07) is 10.7. The highest BCUT2D eigenvalue weighted by atomic mass is 32.2. The molecule has 1 amide bonds. The molecule has 0 aliphatic rings. The molecule has 0 saturated carbocycles. The fraction of sp³-hybridized carbons (Fsp3) is 0.235. The Hall–Kier alpha value is -2.41. The van der Waals surface area contributed by atoms with Crippen LogP contribution in [0.2, 0.25) is 0 Å². The predicted octanol–water partition coefficient (Wildman–Crippen LogP) is 2.81. The molecular formula is C17H18FNO4S. The summed E-state index contributed by atoms with van der Waals surface area (Å²) in [5.41, 5.74) is 1.23. The van der Waals surface area contributed by atoms with E-state index in [0.717, 1.165) is 6.26 Å². The first-order valence-electron chi connectivity index (χ1n) is 7.23. The Kier molecular flexibility index (Phi) is 5.56. The van der Waals surface area contributed by atoms with E-state index in [2.05, 4.69) is 5.32 Å². The minimum absolute atomic E-state index is 0.0351. The van der Waals surface area contributed by atoms with Gasteiger partial charge in [-0.05, 0) is 42.8 Å². The topological polar surface area (TPSA) is 72.5 Å². The highest BCUT2D eigenvalue weighted by molar-refractivity contribution is 7.90. The molecule has 0 atom stereocenters. The molecule has 0 saturated heterocycles. The van der Waals surface area contributed by atoms with E-state index in [1.807, 2.05) is 0 Å². The first-order valence-corrected chi connectivity index (χ1v) is 9.29. The van der Waals surface area contributed by atoms with Crippen LogP contribution in [0.4, 0.5) is 10.1 Å². The van der Waals surface area contributed by atoms with Gasteiger partial charge in [-0.3, -0.25) is 4.79 Å². The van der Waals surface area contributed by atoms with Gasteiger partial charge < -0.3 is 10.1 Å². The Morgan fingerprint density at radius 2 is 1.96 bits per heavy atom. The zero-order valence-corrected chi connectivity index (χ0v) is 14.2. The maximum atomic E-state index is 13.3. The van der Waals surface area contributed by atoms with Gasteiger partial charge in [0, 0.05) is 23.6 Å². The average Bonchev–Trinajstić information content (AvgIpc) is 2.49. The third-order valence-corrected chi connectivity index (χ3v) is 4.14. The Morgan fingerprint density at radius 1 is 1.21 bits per heavy atom. The lowest BCUT2D eigenvalue weighted by molar-refractivity contribution is 0.102. The summed E-state index contributed by atoms with van der Waals surface area (Å²) >= 11 is 0. The van der Waals surface area contributed by atoms with Crippen molar-refractivity contribution in [2.75, 3.05) is 23.9 Å². The molecule has 2 aromatic carbocycles. The van der Waals surface area contributed by atoms with Crippen LogP contribution in [0.1, 0.15) is 15.9 Å². The van der Waals surface area contributed by atoms with Crippen LogP contribution in [-0.4, -0.2) is 32.9 Å².